The molecule has 0 bridgehead atoms. The summed E-state index contributed by atoms with van der Waals surface area (Å²) in [6.45, 7) is 2.36. The quantitative estimate of drug-likeness (QED) is 0.784. The maximum absolute atomic E-state index is 4.24. The van der Waals surface area contributed by atoms with E-state index in [-0.39, 0.29) is 0 Å². The third-order valence-corrected chi connectivity index (χ3v) is 3.74. The Balaban J connectivity index is 2.02. The van der Waals surface area contributed by atoms with Crippen molar-refractivity contribution >= 4 is 11.4 Å². The second-order valence-corrected chi connectivity index (χ2v) is 5.08. The molecule has 1 aromatic rings. The topological polar surface area (TPSA) is 37.0 Å². The molecular formula is C14H23N3. The van der Waals surface area contributed by atoms with E-state index < -0.39 is 0 Å². The Morgan fingerprint density at radius 2 is 1.88 bits per heavy atom. The zero-order valence-electron chi connectivity index (χ0n) is 10.9. The van der Waals surface area contributed by atoms with Gasteiger partial charge < -0.3 is 10.6 Å². The summed E-state index contributed by atoms with van der Waals surface area (Å²) in [5.74, 6) is 0.760. The number of hydrogen-bond acceptors (Lipinski definition) is 3. The molecule has 94 valence electrons. The van der Waals surface area contributed by atoms with E-state index in [1.54, 1.807) is 0 Å². The lowest BCUT2D eigenvalue weighted by molar-refractivity contribution is 0.456. The fourth-order valence-corrected chi connectivity index (χ4v) is 2.58. The number of nitrogens with zero attached hydrogens (tertiary/aromatic N) is 1. The highest BCUT2D eigenvalue weighted by atomic mass is 14.9. The van der Waals surface area contributed by atoms with Crippen LogP contribution in [0.3, 0.4) is 0 Å². The zero-order valence-corrected chi connectivity index (χ0v) is 10.9. The van der Waals surface area contributed by atoms with Gasteiger partial charge in [-0.15, -0.1) is 0 Å². The Hall–Kier alpha value is -1.25. The van der Waals surface area contributed by atoms with Gasteiger partial charge in [0.2, 0.25) is 0 Å². The summed E-state index contributed by atoms with van der Waals surface area (Å²) in [4.78, 5) is 4.24. The molecule has 1 aliphatic carbocycles. The summed E-state index contributed by atoms with van der Waals surface area (Å²) >= 11 is 0. The molecule has 17 heavy (non-hydrogen) atoms. The lowest BCUT2D eigenvalue weighted by Gasteiger charge is -2.24. The Kier molecular flexibility index (Phi) is 4.24. The number of rotatable bonds is 3. The van der Waals surface area contributed by atoms with Gasteiger partial charge in [0, 0.05) is 13.1 Å². The van der Waals surface area contributed by atoms with Gasteiger partial charge in [0.05, 0.1) is 23.8 Å². The van der Waals surface area contributed by atoms with Crippen molar-refractivity contribution in [1.82, 2.24) is 4.98 Å². The van der Waals surface area contributed by atoms with Crippen LogP contribution in [-0.2, 0) is 0 Å². The van der Waals surface area contributed by atoms with E-state index in [4.69, 9.17) is 0 Å². The molecule has 2 atom stereocenters. The molecule has 2 N–H and O–H groups in total. The minimum Gasteiger partial charge on any atom is -0.387 e. The third kappa shape index (κ3) is 3.35. The number of nitrogens with one attached hydrogen (secondary N) is 2. The standard InChI is InChI=1S/C14H23N3/c1-11-6-4-3-5-7-14(11)17-13-8-12(15-2)9-16-10-13/h8-11,14-15,17H,3-7H2,1-2H3. The molecule has 1 fully saturated rings. The van der Waals surface area contributed by atoms with E-state index >= 15 is 0 Å². The van der Waals surface area contributed by atoms with Crippen molar-refractivity contribution in [2.45, 2.75) is 45.1 Å². The molecule has 1 aromatic heterocycles. The molecule has 0 saturated heterocycles. The first-order valence-electron chi connectivity index (χ1n) is 6.69. The lowest BCUT2D eigenvalue weighted by atomic mass is 9.97. The van der Waals surface area contributed by atoms with Crippen molar-refractivity contribution in [3.05, 3.63) is 18.5 Å². The monoisotopic (exact) mass is 233 g/mol. The molecule has 3 heteroatoms. The number of pyridine rings is 1. The average Bonchev–Trinajstić information content (AvgIpc) is 2.55. The molecule has 1 heterocycles. The van der Waals surface area contributed by atoms with Crippen LogP contribution in [0.2, 0.25) is 0 Å². The SMILES string of the molecule is CNc1cncc(NC2CCCCCC2C)c1. The summed E-state index contributed by atoms with van der Waals surface area (Å²) in [6, 6.07) is 2.73. The van der Waals surface area contributed by atoms with E-state index in [2.05, 4.69) is 28.6 Å². The van der Waals surface area contributed by atoms with Crippen LogP contribution in [0.25, 0.3) is 0 Å². The van der Waals surface area contributed by atoms with Crippen LogP contribution in [0.1, 0.15) is 39.0 Å². The predicted octanol–water partition coefficient (Wildman–Crippen LogP) is 3.50. The molecule has 3 nitrogen and oxygen atoms in total. The molecule has 0 aliphatic heterocycles. The Morgan fingerprint density at radius 1 is 1.12 bits per heavy atom. The lowest BCUT2D eigenvalue weighted by Crippen LogP contribution is -2.26. The van der Waals surface area contributed by atoms with Gasteiger partial charge in [-0.3, -0.25) is 4.98 Å². The largest absolute Gasteiger partial charge is 0.387 e. The normalized spacial score (nSPS) is 25.1. The molecule has 0 aromatic carbocycles. The van der Waals surface area contributed by atoms with Crippen LogP contribution in [-0.4, -0.2) is 18.1 Å². The minimum absolute atomic E-state index is 0.603. The van der Waals surface area contributed by atoms with Crippen molar-refractivity contribution in [3.8, 4) is 0 Å². The van der Waals surface area contributed by atoms with Gasteiger partial charge in [-0.25, -0.2) is 0 Å². The zero-order chi connectivity index (χ0) is 12.1. The summed E-state index contributed by atoms with van der Waals surface area (Å²) in [5, 5.41) is 6.77. The van der Waals surface area contributed by atoms with Crippen LogP contribution in [0.5, 0.6) is 0 Å². The number of aromatic nitrogens is 1. The first-order chi connectivity index (χ1) is 8.29. The number of anilines is 2. The summed E-state index contributed by atoms with van der Waals surface area (Å²) < 4.78 is 0. The van der Waals surface area contributed by atoms with Gasteiger partial charge in [-0.1, -0.05) is 26.2 Å². The van der Waals surface area contributed by atoms with E-state index in [1.165, 1.54) is 32.1 Å². The molecule has 1 saturated carbocycles. The molecular weight excluding hydrogens is 210 g/mol. The van der Waals surface area contributed by atoms with Crippen molar-refractivity contribution in [3.63, 3.8) is 0 Å². The van der Waals surface area contributed by atoms with E-state index in [1.807, 2.05) is 19.4 Å². The molecule has 2 unspecified atom stereocenters. The Labute approximate surface area is 104 Å². The van der Waals surface area contributed by atoms with Crippen molar-refractivity contribution in [2.75, 3.05) is 17.7 Å². The minimum atomic E-state index is 0.603. The maximum Gasteiger partial charge on any atom is 0.0549 e. The van der Waals surface area contributed by atoms with Crippen molar-refractivity contribution in [1.29, 1.82) is 0 Å². The maximum atomic E-state index is 4.24. The van der Waals surface area contributed by atoms with Crippen LogP contribution in [0.15, 0.2) is 18.5 Å². The fraction of sp³-hybridized carbons (Fsp3) is 0.643. The fourth-order valence-electron chi connectivity index (χ4n) is 2.58. The third-order valence-electron chi connectivity index (χ3n) is 3.74. The second kappa shape index (κ2) is 5.89. The molecule has 1 aliphatic rings. The van der Waals surface area contributed by atoms with Gasteiger partial charge in [-0.05, 0) is 24.8 Å². The van der Waals surface area contributed by atoms with Gasteiger partial charge in [0.25, 0.3) is 0 Å². The van der Waals surface area contributed by atoms with Gasteiger partial charge in [-0.2, -0.15) is 0 Å². The van der Waals surface area contributed by atoms with E-state index in [0.29, 0.717) is 6.04 Å². The Morgan fingerprint density at radius 3 is 2.71 bits per heavy atom. The molecule has 0 radical (unpaired) electrons. The van der Waals surface area contributed by atoms with Crippen LogP contribution >= 0.6 is 0 Å². The highest BCUT2D eigenvalue weighted by molar-refractivity contribution is 5.54. The smallest absolute Gasteiger partial charge is 0.0549 e. The molecule has 2 rings (SSSR count). The van der Waals surface area contributed by atoms with Gasteiger partial charge in [0.15, 0.2) is 0 Å². The Bertz CT molecular complexity index is 351. The number of hydrogen-bond donors (Lipinski definition) is 2. The second-order valence-electron chi connectivity index (χ2n) is 5.08. The van der Waals surface area contributed by atoms with Crippen molar-refractivity contribution in [2.24, 2.45) is 5.92 Å². The first kappa shape index (κ1) is 12.2. The van der Waals surface area contributed by atoms with E-state index in [9.17, 15) is 0 Å². The summed E-state index contributed by atoms with van der Waals surface area (Å²) in [7, 11) is 1.93. The molecule has 0 amide bonds. The first-order valence-corrected chi connectivity index (χ1v) is 6.69. The predicted molar refractivity (Wildman–Crippen MR) is 73.4 cm³/mol. The van der Waals surface area contributed by atoms with Crippen LogP contribution < -0.4 is 10.6 Å². The highest BCUT2D eigenvalue weighted by Crippen LogP contribution is 2.26. The van der Waals surface area contributed by atoms with E-state index in [0.717, 1.165) is 17.3 Å². The average molecular weight is 233 g/mol. The highest BCUT2D eigenvalue weighted by Gasteiger charge is 2.19. The van der Waals surface area contributed by atoms with Gasteiger partial charge >= 0.3 is 0 Å². The van der Waals surface area contributed by atoms with Crippen molar-refractivity contribution < 1.29 is 0 Å². The van der Waals surface area contributed by atoms with Gasteiger partial charge in [0.1, 0.15) is 0 Å². The summed E-state index contributed by atoms with van der Waals surface area (Å²) in [6.07, 6.45) is 10.5. The summed E-state index contributed by atoms with van der Waals surface area (Å²) in [5.41, 5.74) is 2.20. The van der Waals surface area contributed by atoms with Crippen LogP contribution in [0.4, 0.5) is 11.4 Å². The molecule has 0 spiro atoms. The van der Waals surface area contributed by atoms with Crippen LogP contribution in [0, 0.1) is 5.92 Å².